The second-order valence-electron chi connectivity index (χ2n) is 4.59. The summed E-state index contributed by atoms with van der Waals surface area (Å²) >= 11 is 0. The van der Waals surface area contributed by atoms with Crippen LogP contribution in [0.1, 0.15) is 24.3 Å². The predicted molar refractivity (Wildman–Crippen MR) is 65.6 cm³/mol. The number of nitrogens with zero attached hydrogens (tertiary/aromatic N) is 1. The molecule has 0 radical (unpaired) electrons. The summed E-state index contributed by atoms with van der Waals surface area (Å²) in [5.41, 5.74) is 6.85. The van der Waals surface area contributed by atoms with Gasteiger partial charge in [-0.1, -0.05) is 0 Å². The smallest absolute Gasteiger partial charge is 0.0671 e. The molecular weight excluding hydrogens is 216 g/mol. The molecule has 0 aliphatic carbocycles. The number of ether oxygens (including phenoxy) is 1. The molecule has 0 spiro atoms. The lowest BCUT2D eigenvalue weighted by Gasteiger charge is -2.31. The molecule has 3 atom stereocenters. The van der Waals surface area contributed by atoms with E-state index >= 15 is 0 Å². The standard InChI is InChI=1S/C13H20N2O2/c14-8-12(10-3-5-15-6-4-10)13(16)11-2-1-7-17-9-11/h3-6,11-13,16H,1-2,7-9,14H2. The third-order valence-electron chi connectivity index (χ3n) is 3.48. The Kier molecular flexibility index (Phi) is 4.48. The molecule has 0 bridgehead atoms. The fourth-order valence-electron chi connectivity index (χ4n) is 2.45. The lowest BCUT2D eigenvalue weighted by molar-refractivity contribution is -0.0184. The minimum atomic E-state index is -0.428. The Hall–Kier alpha value is -0.970. The topological polar surface area (TPSA) is 68.4 Å². The van der Waals surface area contributed by atoms with Gasteiger partial charge in [-0.05, 0) is 30.5 Å². The Bertz CT molecular complexity index is 325. The summed E-state index contributed by atoms with van der Waals surface area (Å²) in [6, 6.07) is 3.84. The first-order chi connectivity index (χ1) is 8.33. The fourth-order valence-corrected chi connectivity index (χ4v) is 2.45. The van der Waals surface area contributed by atoms with E-state index in [4.69, 9.17) is 10.5 Å². The van der Waals surface area contributed by atoms with Crippen molar-refractivity contribution in [3.63, 3.8) is 0 Å². The normalized spacial score (nSPS) is 24.2. The molecule has 17 heavy (non-hydrogen) atoms. The van der Waals surface area contributed by atoms with Crippen molar-refractivity contribution in [1.82, 2.24) is 4.98 Å². The fraction of sp³-hybridized carbons (Fsp3) is 0.615. The van der Waals surface area contributed by atoms with Crippen LogP contribution in [0.4, 0.5) is 0 Å². The Balaban J connectivity index is 2.07. The molecule has 1 aliphatic heterocycles. The minimum absolute atomic E-state index is 0.0234. The van der Waals surface area contributed by atoms with Crippen LogP contribution in [0, 0.1) is 5.92 Å². The third kappa shape index (κ3) is 3.03. The van der Waals surface area contributed by atoms with E-state index in [9.17, 15) is 5.11 Å². The summed E-state index contributed by atoms with van der Waals surface area (Å²) in [5.74, 6) is 0.176. The molecule has 1 aromatic rings. The van der Waals surface area contributed by atoms with Crippen LogP contribution in [0.2, 0.25) is 0 Å². The molecule has 2 rings (SSSR count). The highest BCUT2D eigenvalue weighted by molar-refractivity contribution is 5.18. The third-order valence-corrected chi connectivity index (χ3v) is 3.48. The van der Waals surface area contributed by atoms with Crippen LogP contribution in [0.25, 0.3) is 0 Å². The average Bonchev–Trinajstić information content (AvgIpc) is 2.42. The highest BCUT2D eigenvalue weighted by Crippen LogP contribution is 2.28. The molecular formula is C13H20N2O2. The number of nitrogens with two attached hydrogens (primary N) is 1. The van der Waals surface area contributed by atoms with Gasteiger partial charge in [-0.3, -0.25) is 4.98 Å². The van der Waals surface area contributed by atoms with Gasteiger partial charge < -0.3 is 15.6 Å². The van der Waals surface area contributed by atoms with Crippen molar-refractivity contribution in [2.24, 2.45) is 11.7 Å². The molecule has 0 aromatic carbocycles. The first-order valence-electron chi connectivity index (χ1n) is 6.18. The second-order valence-corrected chi connectivity index (χ2v) is 4.59. The maximum absolute atomic E-state index is 10.4. The Labute approximate surface area is 102 Å². The minimum Gasteiger partial charge on any atom is -0.392 e. The van der Waals surface area contributed by atoms with E-state index in [1.54, 1.807) is 12.4 Å². The van der Waals surface area contributed by atoms with E-state index in [1.807, 2.05) is 12.1 Å². The quantitative estimate of drug-likeness (QED) is 0.815. The summed E-state index contributed by atoms with van der Waals surface area (Å²) in [5, 5.41) is 10.4. The van der Waals surface area contributed by atoms with Gasteiger partial charge in [0.1, 0.15) is 0 Å². The van der Waals surface area contributed by atoms with Crippen LogP contribution >= 0.6 is 0 Å². The van der Waals surface area contributed by atoms with E-state index in [0.29, 0.717) is 13.2 Å². The lowest BCUT2D eigenvalue weighted by Crippen LogP contribution is -2.36. The van der Waals surface area contributed by atoms with Crippen molar-refractivity contribution in [3.05, 3.63) is 30.1 Å². The van der Waals surface area contributed by atoms with E-state index < -0.39 is 6.10 Å². The van der Waals surface area contributed by atoms with Gasteiger partial charge in [0.15, 0.2) is 0 Å². The molecule has 94 valence electrons. The van der Waals surface area contributed by atoms with E-state index in [2.05, 4.69) is 4.98 Å². The molecule has 0 amide bonds. The number of aliphatic hydroxyl groups is 1. The van der Waals surface area contributed by atoms with Crippen LogP contribution in [0.15, 0.2) is 24.5 Å². The molecule has 1 aliphatic rings. The number of hydrogen-bond donors (Lipinski definition) is 2. The Morgan fingerprint density at radius 2 is 2.24 bits per heavy atom. The molecule has 2 heterocycles. The highest BCUT2D eigenvalue weighted by Gasteiger charge is 2.29. The molecule has 1 saturated heterocycles. The van der Waals surface area contributed by atoms with Crippen LogP contribution < -0.4 is 5.73 Å². The Morgan fingerprint density at radius 3 is 2.82 bits per heavy atom. The zero-order chi connectivity index (χ0) is 12.1. The highest BCUT2D eigenvalue weighted by atomic mass is 16.5. The van der Waals surface area contributed by atoms with Crippen molar-refractivity contribution in [2.45, 2.75) is 24.9 Å². The van der Waals surface area contributed by atoms with Crippen LogP contribution in [0.5, 0.6) is 0 Å². The molecule has 4 nitrogen and oxygen atoms in total. The maximum atomic E-state index is 10.4. The number of aromatic nitrogens is 1. The van der Waals surface area contributed by atoms with Crippen LogP contribution in [-0.2, 0) is 4.74 Å². The molecule has 3 unspecified atom stereocenters. The van der Waals surface area contributed by atoms with Crippen molar-refractivity contribution < 1.29 is 9.84 Å². The van der Waals surface area contributed by atoms with Crippen molar-refractivity contribution in [1.29, 1.82) is 0 Å². The van der Waals surface area contributed by atoms with Crippen molar-refractivity contribution in [3.8, 4) is 0 Å². The molecule has 0 saturated carbocycles. The number of hydrogen-bond acceptors (Lipinski definition) is 4. The first-order valence-corrected chi connectivity index (χ1v) is 6.18. The maximum Gasteiger partial charge on any atom is 0.0671 e. The largest absolute Gasteiger partial charge is 0.392 e. The summed E-state index contributed by atoms with van der Waals surface area (Å²) in [6.45, 7) is 1.90. The van der Waals surface area contributed by atoms with E-state index in [-0.39, 0.29) is 11.8 Å². The van der Waals surface area contributed by atoms with Gasteiger partial charge in [-0.15, -0.1) is 0 Å². The van der Waals surface area contributed by atoms with Gasteiger partial charge in [0.2, 0.25) is 0 Å². The monoisotopic (exact) mass is 236 g/mol. The number of aliphatic hydroxyl groups excluding tert-OH is 1. The van der Waals surface area contributed by atoms with Gasteiger partial charge in [-0.25, -0.2) is 0 Å². The van der Waals surface area contributed by atoms with E-state index in [0.717, 1.165) is 25.0 Å². The van der Waals surface area contributed by atoms with E-state index in [1.165, 1.54) is 0 Å². The van der Waals surface area contributed by atoms with Gasteiger partial charge >= 0.3 is 0 Å². The average molecular weight is 236 g/mol. The van der Waals surface area contributed by atoms with Crippen molar-refractivity contribution in [2.75, 3.05) is 19.8 Å². The summed E-state index contributed by atoms with van der Waals surface area (Å²) in [4.78, 5) is 3.99. The summed E-state index contributed by atoms with van der Waals surface area (Å²) in [7, 11) is 0. The Morgan fingerprint density at radius 1 is 1.47 bits per heavy atom. The second kappa shape index (κ2) is 6.10. The zero-order valence-electron chi connectivity index (χ0n) is 9.96. The molecule has 4 heteroatoms. The summed E-state index contributed by atoms with van der Waals surface area (Å²) in [6.07, 6.45) is 5.09. The summed E-state index contributed by atoms with van der Waals surface area (Å²) < 4.78 is 5.42. The zero-order valence-corrected chi connectivity index (χ0v) is 9.96. The molecule has 1 aromatic heterocycles. The molecule has 3 N–H and O–H groups in total. The van der Waals surface area contributed by atoms with Gasteiger partial charge in [0.05, 0.1) is 12.7 Å². The van der Waals surface area contributed by atoms with Crippen LogP contribution in [-0.4, -0.2) is 36.0 Å². The molecule has 1 fully saturated rings. The van der Waals surface area contributed by atoms with Crippen LogP contribution in [0.3, 0.4) is 0 Å². The van der Waals surface area contributed by atoms with Gasteiger partial charge in [0.25, 0.3) is 0 Å². The number of pyridine rings is 1. The first kappa shape index (κ1) is 12.5. The van der Waals surface area contributed by atoms with Crippen molar-refractivity contribution >= 4 is 0 Å². The lowest BCUT2D eigenvalue weighted by atomic mass is 9.83. The van der Waals surface area contributed by atoms with Gasteiger partial charge in [0, 0.05) is 37.4 Å². The predicted octanol–water partition coefficient (Wildman–Crippen LogP) is 0.911. The number of rotatable bonds is 4. The van der Waals surface area contributed by atoms with Gasteiger partial charge in [-0.2, -0.15) is 0 Å². The SMILES string of the molecule is NCC(c1ccncc1)C(O)C1CCCOC1.